The van der Waals surface area contributed by atoms with Gasteiger partial charge in [0.2, 0.25) is 0 Å². The summed E-state index contributed by atoms with van der Waals surface area (Å²) in [6.45, 7) is -6.64. The van der Waals surface area contributed by atoms with Crippen molar-refractivity contribution < 1.29 is 74.7 Å². The standard InChI is InChI=1S/C44H47F3N3O13P/c1-54-29-20-32(57-4)40(33(21-29)58-5)64(63-43(53)44(45,46)47,41-34(59-6)22-30(55-2)23-35(41)60-7,42-36(61-8)24-31(56-3)25-37(42)62-9)26-39(52)49-19-11-13-38(51)50-28-16-14-27(15-17-28)12-10-18-48/h14-17,20-25H,11,13,19,26H2,1-9H3,(H,49,52)(H,50,51). The van der Waals surface area contributed by atoms with Crippen LogP contribution in [0.4, 0.5) is 18.9 Å². The van der Waals surface area contributed by atoms with Crippen LogP contribution in [0.2, 0.25) is 0 Å². The Labute approximate surface area is 367 Å². The molecule has 0 saturated heterocycles. The number of carbonyl (C=O) groups excluding carboxylic acids is 3. The molecular formula is C44H47F3N3O13P. The second-order valence-corrected chi connectivity index (χ2v) is 17.6. The van der Waals surface area contributed by atoms with Gasteiger partial charge in [0.15, 0.2) is 6.07 Å². The molecule has 4 aromatic rings. The number of ether oxygens (including phenoxy) is 9. The minimum absolute atomic E-state index is 0.0289. The number of carbonyl (C=O) groups is 3. The SMILES string of the molecule is COc1cc(OC)c(P(CC(=O)NCCCC(=O)Nc2ccc(C#CC#N)cc2)(OC(=O)C(F)(F)F)(c2c(OC)cc(OC)cc2OC)c2c(OC)cc(OC)cc2OC)c(OC)c1. The molecular weight excluding hydrogens is 866 g/mol. The Balaban J connectivity index is 2.15. The van der Waals surface area contributed by atoms with Crippen LogP contribution in [0.25, 0.3) is 0 Å². The molecule has 4 aromatic carbocycles. The first kappa shape index (κ1) is 49.4. The Kier molecular flexibility index (Phi) is 16.4. The van der Waals surface area contributed by atoms with Crippen LogP contribution in [0.15, 0.2) is 60.7 Å². The molecule has 0 saturated carbocycles. The van der Waals surface area contributed by atoms with Crippen LogP contribution in [0.1, 0.15) is 18.4 Å². The molecule has 0 atom stereocenters. The normalized spacial score (nSPS) is 11.5. The summed E-state index contributed by atoms with van der Waals surface area (Å²) in [7, 11) is 11.1. The van der Waals surface area contributed by atoms with E-state index in [0.29, 0.717) is 11.3 Å². The zero-order valence-corrected chi connectivity index (χ0v) is 37.3. The Bertz CT molecular complexity index is 2230. The van der Waals surface area contributed by atoms with Gasteiger partial charge in [0.25, 0.3) is 0 Å². The van der Waals surface area contributed by atoms with Gasteiger partial charge in [-0.1, -0.05) is 5.92 Å². The van der Waals surface area contributed by atoms with E-state index >= 15 is 18.0 Å². The number of amides is 2. The number of nitriles is 1. The quantitative estimate of drug-likeness (QED) is 0.0683. The van der Waals surface area contributed by atoms with Crippen LogP contribution in [0.3, 0.4) is 0 Å². The van der Waals surface area contributed by atoms with Gasteiger partial charge in [-0.25, -0.2) is 0 Å². The van der Waals surface area contributed by atoms with E-state index in [0.717, 1.165) is 0 Å². The third-order valence-corrected chi connectivity index (χ3v) is 15.4. The zero-order chi connectivity index (χ0) is 47.3. The fourth-order valence-electron chi connectivity index (χ4n) is 7.10. The summed E-state index contributed by atoms with van der Waals surface area (Å²) in [6.07, 6.45) is -6.97. The number of halogens is 3. The van der Waals surface area contributed by atoms with Crippen LogP contribution in [-0.2, 0) is 18.9 Å². The number of alkyl halides is 3. The van der Waals surface area contributed by atoms with Crippen molar-refractivity contribution in [3.8, 4) is 69.7 Å². The summed E-state index contributed by atoms with van der Waals surface area (Å²) in [5, 5.41) is 13.0. The van der Waals surface area contributed by atoms with Gasteiger partial charge >= 0.3 is 345 Å². The summed E-state index contributed by atoms with van der Waals surface area (Å²) < 4.78 is 104. The Morgan fingerprint density at radius 1 is 0.609 bits per heavy atom. The summed E-state index contributed by atoms with van der Waals surface area (Å²) in [5.41, 5.74) is 0.993. The van der Waals surface area contributed by atoms with Crippen molar-refractivity contribution >= 4 is 46.2 Å². The fourth-order valence-corrected chi connectivity index (χ4v) is 13.4. The molecule has 16 nitrogen and oxygen atoms in total. The van der Waals surface area contributed by atoms with Crippen molar-refractivity contribution in [2.75, 3.05) is 82.0 Å². The number of nitrogens with one attached hydrogen (secondary N) is 2. The fraction of sp³-hybridized carbons (Fsp3) is 0.318. The maximum atomic E-state index is 15.2. The van der Waals surface area contributed by atoms with Crippen LogP contribution < -0.4 is 69.2 Å². The van der Waals surface area contributed by atoms with E-state index in [1.54, 1.807) is 30.3 Å². The van der Waals surface area contributed by atoms with Crippen LogP contribution in [-0.4, -0.2) is 101 Å². The van der Waals surface area contributed by atoms with Crippen molar-refractivity contribution in [2.24, 2.45) is 0 Å². The molecule has 2 amide bonds. The number of nitrogens with zero attached hydrogens (tertiary/aromatic N) is 1. The molecule has 0 bridgehead atoms. The average Bonchev–Trinajstić information content (AvgIpc) is 3.30. The van der Waals surface area contributed by atoms with E-state index in [-0.39, 0.29) is 71.1 Å². The number of hydrogen-bond donors (Lipinski definition) is 2. The molecule has 0 heterocycles. The van der Waals surface area contributed by atoms with Crippen molar-refractivity contribution in [3.05, 3.63) is 66.2 Å². The first-order chi connectivity index (χ1) is 30.6. The number of methoxy groups -OCH3 is 9. The molecule has 0 radical (unpaired) electrons. The molecule has 0 aliphatic rings. The predicted octanol–water partition coefficient (Wildman–Crippen LogP) is 5.02. The predicted molar refractivity (Wildman–Crippen MR) is 231 cm³/mol. The molecule has 0 aromatic heterocycles. The molecule has 0 unspecified atom stereocenters. The molecule has 0 aliphatic heterocycles. The van der Waals surface area contributed by atoms with Crippen molar-refractivity contribution in [1.29, 1.82) is 5.26 Å². The molecule has 0 aliphatic carbocycles. The monoisotopic (exact) mass is 913 g/mol. The maximum absolute atomic E-state index is 15.2. The molecule has 0 spiro atoms. The van der Waals surface area contributed by atoms with Crippen molar-refractivity contribution in [1.82, 2.24) is 5.32 Å². The molecule has 342 valence electrons. The van der Waals surface area contributed by atoms with Gasteiger partial charge in [-0.2, -0.15) is 5.26 Å². The summed E-state index contributed by atoms with van der Waals surface area (Å²) >= 11 is 0. The Hall–Kier alpha value is -7.24. The summed E-state index contributed by atoms with van der Waals surface area (Å²) in [5.74, 6) is -0.665. The van der Waals surface area contributed by atoms with Gasteiger partial charge < -0.3 is 0 Å². The average molecular weight is 914 g/mol. The van der Waals surface area contributed by atoms with Gasteiger partial charge in [-0.05, 0) is 0 Å². The molecule has 4 rings (SSSR count). The molecule has 0 fully saturated rings. The third kappa shape index (κ3) is 10.0. The van der Waals surface area contributed by atoms with Crippen LogP contribution in [0.5, 0.6) is 51.7 Å². The second-order valence-electron chi connectivity index (χ2n) is 13.3. The number of benzene rings is 4. The Morgan fingerprint density at radius 3 is 1.33 bits per heavy atom. The third-order valence-electron chi connectivity index (χ3n) is 9.78. The van der Waals surface area contributed by atoms with Crippen molar-refractivity contribution in [3.63, 3.8) is 0 Å². The molecule has 20 heteroatoms. The van der Waals surface area contributed by atoms with E-state index in [4.69, 9.17) is 52.4 Å². The first-order valence-corrected chi connectivity index (χ1v) is 21.2. The van der Waals surface area contributed by atoms with E-state index in [9.17, 15) is 9.59 Å². The minimum atomic E-state index is -6.43. The number of rotatable bonds is 20. The van der Waals surface area contributed by atoms with Gasteiger partial charge in [-0.3, -0.25) is 0 Å². The van der Waals surface area contributed by atoms with Crippen molar-refractivity contribution in [2.45, 2.75) is 19.0 Å². The topological polar surface area (TPSA) is 191 Å². The number of anilines is 1. The molecule has 64 heavy (non-hydrogen) atoms. The summed E-state index contributed by atoms with van der Waals surface area (Å²) in [4.78, 5) is 42.1. The van der Waals surface area contributed by atoms with E-state index < -0.39 is 52.9 Å². The zero-order valence-electron chi connectivity index (χ0n) is 36.4. The van der Waals surface area contributed by atoms with E-state index in [1.807, 2.05) is 0 Å². The molecule has 2 N–H and O–H groups in total. The van der Waals surface area contributed by atoms with Gasteiger partial charge in [0.05, 0.1) is 0 Å². The Morgan fingerprint density at radius 2 is 1.00 bits per heavy atom. The van der Waals surface area contributed by atoms with Crippen LogP contribution >= 0.6 is 6.83 Å². The van der Waals surface area contributed by atoms with E-state index in [1.165, 1.54) is 100 Å². The first-order valence-electron chi connectivity index (χ1n) is 18.9. The van der Waals surface area contributed by atoms with Gasteiger partial charge in [-0.15, -0.1) is 0 Å². The summed E-state index contributed by atoms with van der Waals surface area (Å²) in [6, 6.07) is 15.9. The van der Waals surface area contributed by atoms with Gasteiger partial charge in [0, 0.05) is 5.92 Å². The van der Waals surface area contributed by atoms with E-state index in [2.05, 4.69) is 22.5 Å². The number of hydrogen-bond acceptors (Lipinski definition) is 14. The van der Waals surface area contributed by atoms with Crippen LogP contribution in [0, 0.1) is 23.2 Å². The second kappa shape index (κ2) is 21.2. The van der Waals surface area contributed by atoms with Gasteiger partial charge in [0.1, 0.15) is 0 Å².